The summed E-state index contributed by atoms with van der Waals surface area (Å²) in [7, 11) is 0. The van der Waals surface area contributed by atoms with E-state index in [4.69, 9.17) is 0 Å². The monoisotopic (exact) mass is 345 g/mol. The third-order valence-corrected chi connectivity index (χ3v) is 5.34. The molecule has 0 bridgehead atoms. The number of likely N-dealkylation sites (tertiary alicyclic amines) is 2. The molecule has 3 amide bonds. The zero-order valence-electron chi connectivity index (χ0n) is 15.1. The van der Waals surface area contributed by atoms with Gasteiger partial charge >= 0.3 is 6.03 Å². The number of carbonyl (C=O) groups excluding carboxylic acids is 2. The van der Waals surface area contributed by atoms with Crippen LogP contribution >= 0.6 is 0 Å². The molecular weight excluding hydrogens is 318 g/mol. The lowest BCUT2D eigenvalue weighted by Crippen LogP contribution is -2.86. The summed E-state index contributed by atoms with van der Waals surface area (Å²) in [5.41, 5.74) is 0.692. The first kappa shape index (κ1) is 17.7. The van der Waals surface area contributed by atoms with Crippen LogP contribution in [0.4, 0.5) is 4.79 Å². The van der Waals surface area contributed by atoms with Crippen LogP contribution in [0.15, 0.2) is 30.3 Å². The first-order valence-corrected chi connectivity index (χ1v) is 8.98. The predicted octanol–water partition coefficient (Wildman–Crippen LogP) is 1.56. The van der Waals surface area contributed by atoms with Gasteiger partial charge in [-0.05, 0) is 19.4 Å². The van der Waals surface area contributed by atoms with Crippen LogP contribution in [0, 0.1) is 0 Å². The minimum atomic E-state index is -0.418. The summed E-state index contributed by atoms with van der Waals surface area (Å²) in [5, 5.41) is 12.9. The van der Waals surface area contributed by atoms with Crippen LogP contribution in [0.3, 0.4) is 0 Å². The zero-order chi connectivity index (χ0) is 18.2. The number of aliphatic hydroxyl groups excluding tert-OH is 1. The van der Waals surface area contributed by atoms with Gasteiger partial charge in [-0.15, -0.1) is 0 Å². The van der Waals surface area contributed by atoms with E-state index >= 15 is 0 Å². The molecule has 25 heavy (non-hydrogen) atoms. The zero-order valence-corrected chi connectivity index (χ0v) is 15.1. The molecule has 6 heteroatoms. The van der Waals surface area contributed by atoms with Crippen LogP contribution in [0.25, 0.3) is 0 Å². The van der Waals surface area contributed by atoms with E-state index in [-0.39, 0.29) is 36.5 Å². The van der Waals surface area contributed by atoms with Gasteiger partial charge in [-0.25, -0.2) is 4.79 Å². The Morgan fingerprint density at radius 3 is 2.44 bits per heavy atom. The van der Waals surface area contributed by atoms with Crippen LogP contribution in [0.5, 0.6) is 0 Å². The topological polar surface area (TPSA) is 72.9 Å². The minimum absolute atomic E-state index is 0.0214. The van der Waals surface area contributed by atoms with E-state index in [2.05, 4.69) is 5.32 Å². The van der Waals surface area contributed by atoms with Crippen molar-refractivity contribution in [2.45, 2.75) is 50.7 Å². The summed E-state index contributed by atoms with van der Waals surface area (Å²) in [4.78, 5) is 28.3. The SMILES string of the molecule is CCC(=O)N1CC2(C1)[C@H](c1ccccc1)[C@@H](CO)N2C(=O)NC(C)C. The highest BCUT2D eigenvalue weighted by Gasteiger charge is 2.68. The van der Waals surface area contributed by atoms with Gasteiger partial charge in [0.05, 0.1) is 18.2 Å². The quantitative estimate of drug-likeness (QED) is 0.870. The molecule has 2 aliphatic heterocycles. The molecule has 6 nitrogen and oxygen atoms in total. The lowest BCUT2D eigenvalue weighted by molar-refractivity contribution is -0.177. The molecular formula is C19H27N3O3. The Bertz CT molecular complexity index is 641. The Balaban J connectivity index is 1.90. The summed E-state index contributed by atoms with van der Waals surface area (Å²) in [6, 6.07) is 9.58. The van der Waals surface area contributed by atoms with Crippen LogP contribution < -0.4 is 5.32 Å². The fourth-order valence-electron chi connectivity index (χ4n) is 4.32. The smallest absolute Gasteiger partial charge is 0.318 e. The Hall–Kier alpha value is -2.08. The van der Waals surface area contributed by atoms with E-state index < -0.39 is 5.54 Å². The molecule has 0 aromatic heterocycles. The second kappa shape index (κ2) is 6.67. The third kappa shape index (κ3) is 2.78. The Kier molecular flexibility index (Phi) is 4.73. The molecule has 1 aromatic carbocycles. The molecule has 2 aliphatic rings. The van der Waals surface area contributed by atoms with Gasteiger partial charge in [-0.2, -0.15) is 0 Å². The second-order valence-corrected chi connectivity index (χ2v) is 7.32. The van der Waals surface area contributed by atoms with Crippen molar-refractivity contribution in [2.75, 3.05) is 19.7 Å². The Labute approximate surface area is 148 Å². The number of aliphatic hydroxyl groups is 1. The maximum Gasteiger partial charge on any atom is 0.318 e. The molecule has 2 N–H and O–H groups in total. The maximum absolute atomic E-state index is 12.7. The molecule has 2 heterocycles. The summed E-state index contributed by atoms with van der Waals surface area (Å²) in [5.74, 6) is 0.145. The average molecular weight is 345 g/mol. The summed E-state index contributed by atoms with van der Waals surface area (Å²) < 4.78 is 0. The molecule has 136 valence electrons. The number of hydrogen-bond donors (Lipinski definition) is 2. The number of nitrogens with one attached hydrogen (secondary N) is 1. The Morgan fingerprint density at radius 2 is 1.92 bits per heavy atom. The van der Waals surface area contributed by atoms with Crippen molar-refractivity contribution < 1.29 is 14.7 Å². The molecule has 2 atom stereocenters. The van der Waals surface area contributed by atoms with Crippen LogP contribution in [0.1, 0.15) is 38.7 Å². The number of nitrogens with zero attached hydrogens (tertiary/aromatic N) is 2. The van der Waals surface area contributed by atoms with Crippen LogP contribution in [0.2, 0.25) is 0 Å². The Morgan fingerprint density at radius 1 is 1.28 bits per heavy atom. The highest BCUT2D eigenvalue weighted by molar-refractivity contribution is 5.81. The largest absolute Gasteiger partial charge is 0.394 e. The number of amides is 3. The molecule has 1 aromatic rings. The third-order valence-electron chi connectivity index (χ3n) is 5.34. The molecule has 0 aliphatic carbocycles. The molecule has 3 rings (SSSR count). The number of rotatable bonds is 4. The van der Waals surface area contributed by atoms with Gasteiger partial charge in [0, 0.05) is 31.5 Å². The highest BCUT2D eigenvalue weighted by Crippen LogP contribution is 2.53. The summed E-state index contributed by atoms with van der Waals surface area (Å²) in [6.07, 6.45) is 0.466. The van der Waals surface area contributed by atoms with E-state index in [9.17, 15) is 14.7 Å². The average Bonchev–Trinajstić information content (AvgIpc) is 2.52. The molecule has 0 unspecified atom stereocenters. The predicted molar refractivity (Wildman–Crippen MR) is 95.2 cm³/mol. The van der Waals surface area contributed by atoms with Gasteiger partial charge in [-0.1, -0.05) is 37.3 Å². The van der Waals surface area contributed by atoms with E-state index in [1.54, 1.807) is 9.80 Å². The molecule has 1 spiro atoms. The standard InChI is InChI=1S/C19H27N3O3/c1-4-16(24)21-11-19(12-21)17(14-8-6-5-7-9-14)15(10-23)22(19)18(25)20-13(2)3/h5-9,13,15,17,23H,4,10-12H2,1-3H3,(H,20,25)/t15-,17-/m1/s1. The maximum atomic E-state index is 12.7. The summed E-state index contributed by atoms with van der Waals surface area (Å²) in [6.45, 7) is 6.65. The van der Waals surface area contributed by atoms with E-state index in [0.717, 1.165) is 5.56 Å². The van der Waals surface area contributed by atoms with Gasteiger partial charge < -0.3 is 20.2 Å². The fraction of sp³-hybridized carbons (Fsp3) is 0.579. The van der Waals surface area contributed by atoms with E-state index in [0.29, 0.717) is 19.5 Å². The van der Waals surface area contributed by atoms with Crippen molar-refractivity contribution in [3.8, 4) is 0 Å². The van der Waals surface area contributed by atoms with E-state index in [1.165, 1.54) is 0 Å². The number of benzene rings is 1. The normalized spacial score (nSPS) is 24.0. The first-order chi connectivity index (χ1) is 11.9. The van der Waals surface area contributed by atoms with Gasteiger partial charge in [0.15, 0.2) is 0 Å². The van der Waals surface area contributed by atoms with Crippen molar-refractivity contribution in [2.24, 2.45) is 0 Å². The van der Waals surface area contributed by atoms with Crippen molar-refractivity contribution in [3.63, 3.8) is 0 Å². The number of carbonyl (C=O) groups is 2. The van der Waals surface area contributed by atoms with Crippen molar-refractivity contribution in [1.29, 1.82) is 0 Å². The van der Waals surface area contributed by atoms with Crippen molar-refractivity contribution >= 4 is 11.9 Å². The minimum Gasteiger partial charge on any atom is -0.394 e. The molecule has 0 saturated carbocycles. The lowest BCUT2D eigenvalue weighted by atomic mass is 9.61. The van der Waals surface area contributed by atoms with Crippen LogP contribution in [-0.2, 0) is 4.79 Å². The highest BCUT2D eigenvalue weighted by atomic mass is 16.3. The van der Waals surface area contributed by atoms with Gasteiger partial charge in [0.2, 0.25) is 5.91 Å². The fourth-order valence-corrected chi connectivity index (χ4v) is 4.32. The van der Waals surface area contributed by atoms with Gasteiger partial charge in [0.25, 0.3) is 0 Å². The molecule has 2 saturated heterocycles. The first-order valence-electron chi connectivity index (χ1n) is 8.98. The van der Waals surface area contributed by atoms with Crippen molar-refractivity contribution in [3.05, 3.63) is 35.9 Å². The summed E-state index contributed by atoms with van der Waals surface area (Å²) >= 11 is 0. The molecule has 2 fully saturated rings. The van der Waals surface area contributed by atoms with Gasteiger partial charge in [0.1, 0.15) is 0 Å². The van der Waals surface area contributed by atoms with E-state index in [1.807, 2.05) is 51.1 Å². The van der Waals surface area contributed by atoms with Crippen molar-refractivity contribution in [1.82, 2.24) is 15.1 Å². The van der Waals surface area contributed by atoms with Crippen LogP contribution in [-0.4, -0.2) is 64.2 Å². The molecule has 0 radical (unpaired) electrons. The number of hydrogen-bond acceptors (Lipinski definition) is 3. The second-order valence-electron chi connectivity index (χ2n) is 7.32. The lowest BCUT2D eigenvalue weighted by Gasteiger charge is -2.70. The van der Waals surface area contributed by atoms with Gasteiger partial charge in [-0.3, -0.25) is 4.79 Å². The number of urea groups is 1.